The van der Waals surface area contributed by atoms with Gasteiger partial charge in [-0.2, -0.15) is 0 Å². The second-order valence-corrected chi connectivity index (χ2v) is 20.8. The van der Waals surface area contributed by atoms with E-state index in [1.54, 1.807) is 0 Å². The lowest BCUT2D eigenvalue weighted by atomic mass is 9.98. The maximum absolute atomic E-state index is 12.7. The Morgan fingerprint density at radius 2 is 0.578 bits per heavy atom. The number of nitrogens with zero attached hydrogens (tertiary/aromatic N) is 1. The van der Waals surface area contributed by atoms with Crippen LogP contribution in [0.1, 0.15) is 345 Å². The minimum Gasteiger partial charge on any atom is -0.478 e. The van der Waals surface area contributed by atoms with Gasteiger partial charge in [-0.15, -0.1) is 0 Å². The monoisotopic (exact) mass is 894 g/mol. The molecule has 0 saturated carbocycles. The Hall–Kier alpha value is -1.51. The number of rotatable bonds is 53. The Morgan fingerprint density at radius 1 is 0.344 bits per heavy atom. The van der Waals surface area contributed by atoms with Gasteiger partial charge in [0, 0.05) is 13.1 Å². The number of benzene rings is 1. The number of para-hydroxylation sites is 1. The van der Waals surface area contributed by atoms with E-state index >= 15 is 0 Å². The van der Waals surface area contributed by atoms with Crippen LogP contribution in [0, 0.1) is 0 Å². The van der Waals surface area contributed by atoms with Crippen molar-refractivity contribution in [3.63, 3.8) is 0 Å². The predicted octanol–water partition coefficient (Wildman–Crippen LogP) is 21.5. The van der Waals surface area contributed by atoms with E-state index in [0.717, 1.165) is 25.2 Å². The molecule has 0 aliphatic heterocycles. The fourth-order valence-electron chi connectivity index (χ4n) is 10.2. The van der Waals surface area contributed by atoms with Crippen LogP contribution >= 0.6 is 0 Å². The molecule has 0 saturated heterocycles. The third-order valence-electron chi connectivity index (χ3n) is 14.5. The van der Waals surface area contributed by atoms with E-state index in [1.165, 1.54) is 314 Å². The van der Waals surface area contributed by atoms with Crippen molar-refractivity contribution in [2.75, 3.05) is 18.0 Å². The molecule has 1 aromatic carbocycles. The fourth-order valence-corrected chi connectivity index (χ4v) is 10.2. The SMILES string of the molecule is CCCCCCCCCCCCCCCCCCc1cccc(C(=O)O)c1N(CCCCCCCCCCCCCCCCCC)CCCCCCCCCCCCCCCCCC. The van der Waals surface area contributed by atoms with Crippen LogP contribution in [-0.2, 0) is 6.42 Å². The minimum absolute atomic E-state index is 0.530. The molecule has 1 N–H and O–H groups in total. The second-order valence-electron chi connectivity index (χ2n) is 20.8. The molecule has 376 valence electrons. The molecule has 64 heavy (non-hydrogen) atoms. The van der Waals surface area contributed by atoms with Crippen molar-refractivity contribution in [1.82, 2.24) is 0 Å². The molecule has 3 heteroatoms. The summed E-state index contributed by atoms with van der Waals surface area (Å²) in [6, 6.07) is 6.14. The lowest BCUT2D eigenvalue weighted by Crippen LogP contribution is -2.29. The molecule has 0 unspecified atom stereocenters. The standard InChI is InChI=1S/C61H115NO2/c1-4-7-10-13-16-19-22-25-28-31-34-37-40-43-46-49-53-58-54-52-55-59(61(63)64)60(58)62(56-50-47-44-41-38-35-32-29-26-23-20-17-14-11-8-5-2)57-51-48-45-42-39-36-33-30-27-24-21-18-15-12-9-6-3/h52,54-55H,4-51,53,56-57H2,1-3H3,(H,63,64). The molecule has 0 amide bonds. The second kappa shape index (κ2) is 49.4. The number of hydrogen-bond donors (Lipinski definition) is 1. The first kappa shape index (κ1) is 60.5. The van der Waals surface area contributed by atoms with Gasteiger partial charge in [0.2, 0.25) is 0 Å². The van der Waals surface area contributed by atoms with Crippen molar-refractivity contribution >= 4 is 11.7 Å². The van der Waals surface area contributed by atoms with Gasteiger partial charge < -0.3 is 10.0 Å². The molecule has 0 bridgehead atoms. The summed E-state index contributed by atoms with van der Waals surface area (Å²) in [7, 11) is 0. The van der Waals surface area contributed by atoms with Crippen molar-refractivity contribution < 1.29 is 9.90 Å². The van der Waals surface area contributed by atoms with Crippen molar-refractivity contribution in [2.24, 2.45) is 0 Å². The van der Waals surface area contributed by atoms with Gasteiger partial charge in [-0.1, -0.05) is 322 Å². The molecule has 0 aromatic heterocycles. The Bertz CT molecular complexity index is 1050. The lowest BCUT2D eigenvalue weighted by Gasteiger charge is -2.29. The van der Waals surface area contributed by atoms with Gasteiger partial charge >= 0.3 is 5.97 Å². The molecule has 1 rings (SSSR count). The van der Waals surface area contributed by atoms with Crippen LogP contribution < -0.4 is 4.90 Å². The first-order valence-electron chi connectivity index (χ1n) is 29.8. The summed E-state index contributed by atoms with van der Waals surface area (Å²) in [4.78, 5) is 15.2. The van der Waals surface area contributed by atoms with Gasteiger partial charge in [0.1, 0.15) is 0 Å². The largest absolute Gasteiger partial charge is 0.478 e. The van der Waals surface area contributed by atoms with Crippen molar-refractivity contribution in [1.29, 1.82) is 0 Å². The normalized spacial score (nSPS) is 11.5. The van der Waals surface area contributed by atoms with Gasteiger partial charge in [-0.3, -0.25) is 0 Å². The zero-order chi connectivity index (χ0) is 46.1. The van der Waals surface area contributed by atoms with Gasteiger partial charge in [-0.05, 0) is 37.3 Å². The number of anilines is 1. The summed E-state index contributed by atoms with van der Waals surface area (Å²) in [5.74, 6) is -0.757. The number of hydrogen-bond acceptors (Lipinski definition) is 2. The summed E-state index contributed by atoms with van der Waals surface area (Å²) in [6.45, 7) is 8.90. The number of aromatic carboxylic acids is 1. The lowest BCUT2D eigenvalue weighted by molar-refractivity contribution is 0.0697. The van der Waals surface area contributed by atoms with Crippen LogP contribution in [0.3, 0.4) is 0 Å². The number of unbranched alkanes of at least 4 members (excludes halogenated alkanes) is 45. The third kappa shape index (κ3) is 38.6. The van der Waals surface area contributed by atoms with Gasteiger partial charge in [0.15, 0.2) is 0 Å². The van der Waals surface area contributed by atoms with Gasteiger partial charge in [0.05, 0.1) is 11.3 Å². The highest BCUT2D eigenvalue weighted by atomic mass is 16.4. The molecule has 0 atom stereocenters. The maximum atomic E-state index is 12.7. The van der Waals surface area contributed by atoms with Crippen molar-refractivity contribution in [3.05, 3.63) is 29.3 Å². The van der Waals surface area contributed by atoms with Crippen molar-refractivity contribution in [3.8, 4) is 0 Å². The summed E-state index contributed by atoms with van der Waals surface area (Å²) in [5, 5.41) is 10.4. The van der Waals surface area contributed by atoms with Crippen LogP contribution in [-0.4, -0.2) is 24.2 Å². The Labute approximate surface area is 402 Å². The Balaban J connectivity index is 2.51. The van der Waals surface area contributed by atoms with E-state index in [1.807, 2.05) is 12.1 Å². The summed E-state index contributed by atoms with van der Waals surface area (Å²) in [5.41, 5.74) is 2.86. The molecule has 3 nitrogen and oxygen atoms in total. The predicted molar refractivity (Wildman–Crippen MR) is 288 cm³/mol. The van der Waals surface area contributed by atoms with Crippen LogP contribution in [0.4, 0.5) is 5.69 Å². The molecule has 0 spiro atoms. The van der Waals surface area contributed by atoms with Crippen LogP contribution in [0.5, 0.6) is 0 Å². The highest BCUT2D eigenvalue weighted by Crippen LogP contribution is 2.30. The van der Waals surface area contributed by atoms with E-state index in [2.05, 4.69) is 31.7 Å². The molecule has 1 aromatic rings. The van der Waals surface area contributed by atoms with E-state index in [-0.39, 0.29) is 0 Å². The smallest absolute Gasteiger partial charge is 0.337 e. The molecule has 0 heterocycles. The quantitative estimate of drug-likeness (QED) is 0.0663. The fraction of sp³-hybridized carbons (Fsp3) is 0.885. The first-order valence-corrected chi connectivity index (χ1v) is 29.8. The van der Waals surface area contributed by atoms with E-state index in [9.17, 15) is 9.90 Å². The van der Waals surface area contributed by atoms with Crippen LogP contribution in [0.15, 0.2) is 18.2 Å². The minimum atomic E-state index is -0.757. The van der Waals surface area contributed by atoms with E-state index in [0.29, 0.717) is 5.56 Å². The number of carboxylic acid groups (broad SMARTS) is 1. The zero-order valence-electron chi connectivity index (χ0n) is 44.1. The average molecular weight is 895 g/mol. The number of carboxylic acids is 1. The first-order chi connectivity index (χ1) is 31.7. The average Bonchev–Trinajstić information content (AvgIpc) is 3.30. The van der Waals surface area contributed by atoms with Crippen LogP contribution in [0.25, 0.3) is 0 Å². The molecule has 0 aliphatic rings. The Kier molecular flexibility index (Phi) is 46.7. The summed E-state index contributed by atoms with van der Waals surface area (Å²) < 4.78 is 0. The van der Waals surface area contributed by atoms with Gasteiger partial charge in [0.25, 0.3) is 0 Å². The van der Waals surface area contributed by atoms with Gasteiger partial charge in [-0.25, -0.2) is 4.79 Å². The summed E-state index contributed by atoms with van der Waals surface area (Å²) in [6.07, 6.45) is 67.3. The number of aryl methyl sites for hydroxylation is 1. The van der Waals surface area contributed by atoms with E-state index in [4.69, 9.17) is 0 Å². The van der Waals surface area contributed by atoms with Crippen LogP contribution in [0.2, 0.25) is 0 Å². The Morgan fingerprint density at radius 3 is 0.828 bits per heavy atom. The molecular weight excluding hydrogens is 779 g/mol. The topological polar surface area (TPSA) is 40.5 Å². The zero-order valence-corrected chi connectivity index (χ0v) is 44.1. The van der Waals surface area contributed by atoms with E-state index < -0.39 is 5.97 Å². The third-order valence-corrected chi connectivity index (χ3v) is 14.5. The molecular formula is C61H115NO2. The molecule has 0 fully saturated rings. The maximum Gasteiger partial charge on any atom is 0.337 e. The highest BCUT2D eigenvalue weighted by Gasteiger charge is 2.20. The molecule has 0 radical (unpaired) electrons. The summed E-state index contributed by atoms with van der Waals surface area (Å²) >= 11 is 0. The van der Waals surface area contributed by atoms with Crippen molar-refractivity contribution in [2.45, 2.75) is 335 Å². The highest BCUT2D eigenvalue weighted by molar-refractivity contribution is 5.95. The molecule has 0 aliphatic carbocycles. The number of carbonyl (C=O) groups is 1.